The highest BCUT2D eigenvalue weighted by Gasteiger charge is 2.30. The van der Waals surface area contributed by atoms with Gasteiger partial charge in [-0.1, -0.05) is 142 Å². The van der Waals surface area contributed by atoms with Gasteiger partial charge in [-0.25, -0.2) is 0 Å². The van der Waals surface area contributed by atoms with Gasteiger partial charge in [-0.05, 0) is 78.9 Å². The third kappa shape index (κ3) is 4.75. The highest BCUT2D eigenvalue weighted by atomic mass is 14.3. The van der Waals surface area contributed by atoms with Gasteiger partial charge in [-0.3, -0.25) is 0 Å². The molecule has 6 rings (SSSR count). The van der Waals surface area contributed by atoms with Gasteiger partial charge < -0.3 is 0 Å². The smallest absolute Gasteiger partial charge is 0.0144 e. The highest BCUT2D eigenvalue weighted by Crippen LogP contribution is 2.46. The number of hydrogen-bond donors (Lipinski definition) is 0. The molecule has 0 fully saturated rings. The summed E-state index contributed by atoms with van der Waals surface area (Å²) in [5.74, 6) is 0.249. The van der Waals surface area contributed by atoms with Crippen LogP contribution in [-0.2, 0) is 6.42 Å². The van der Waals surface area contributed by atoms with E-state index in [0.717, 1.165) is 6.42 Å². The molecule has 0 amide bonds. The number of fused-ring (bicyclic) bond motifs is 3. The van der Waals surface area contributed by atoms with Gasteiger partial charge in [0.25, 0.3) is 0 Å². The fraction of sp³-hybridized carbons (Fsp3) is 0.158. The van der Waals surface area contributed by atoms with Gasteiger partial charge in [-0.15, -0.1) is 0 Å². The lowest BCUT2D eigenvalue weighted by Crippen LogP contribution is -2.20. The number of hydrogen-bond acceptors (Lipinski definition) is 0. The van der Waals surface area contributed by atoms with Crippen molar-refractivity contribution in [1.29, 1.82) is 0 Å². The number of benzene rings is 6. The van der Waals surface area contributed by atoms with Crippen molar-refractivity contribution >= 4 is 21.5 Å². The molecule has 0 heteroatoms. The maximum Gasteiger partial charge on any atom is 0.0144 e. The minimum Gasteiger partial charge on any atom is -0.0622 e. The second-order valence-electron chi connectivity index (χ2n) is 11.5. The van der Waals surface area contributed by atoms with Crippen molar-refractivity contribution in [3.8, 4) is 11.1 Å². The Hall–Kier alpha value is -4.16. The van der Waals surface area contributed by atoms with E-state index in [9.17, 15) is 0 Å². The minimum atomic E-state index is 0.0367. The van der Waals surface area contributed by atoms with Crippen molar-refractivity contribution in [2.24, 2.45) is 5.41 Å². The molecule has 186 valence electrons. The van der Waals surface area contributed by atoms with E-state index in [1.54, 1.807) is 0 Å². The predicted octanol–water partition coefficient (Wildman–Crippen LogP) is 10.4. The second kappa shape index (κ2) is 9.95. The van der Waals surface area contributed by atoms with Crippen LogP contribution in [0.1, 0.15) is 48.9 Å². The molecule has 0 saturated heterocycles. The Morgan fingerprint density at radius 1 is 0.526 bits per heavy atom. The summed E-state index contributed by atoms with van der Waals surface area (Å²) in [5.41, 5.74) is 8.08. The summed E-state index contributed by atoms with van der Waals surface area (Å²) in [7, 11) is 0. The van der Waals surface area contributed by atoms with Gasteiger partial charge in [0.1, 0.15) is 0 Å². The SMILES string of the molecule is CC(C)(C)C(c1ccc(Cc2ccccc2)cc1)c1cc2ccc3ccccc3c2cc1-c1ccccc1. The maximum atomic E-state index is 2.46. The van der Waals surface area contributed by atoms with E-state index >= 15 is 0 Å². The molecule has 0 aliphatic rings. The lowest BCUT2D eigenvalue weighted by Gasteiger charge is -2.34. The molecule has 38 heavy (non-hydrogen) atoms. The Kier molecular flexibility index (Phi) is 6.34. The monoisotopic (exact) mass is 490 g/mol. The molecule has 0 N–H and O–H groups in total. The van der Waals surface area contributed by atoms with Crippen LogP contribution in [0.4, 0.5) is 0 Å². The van der Waals surface area contributed by atoms with Gasteiger partial charge in [0, 0.05) is 5.92 Å². The third-order valence-corrected chi connectivity index (χ3v) is 7.74. The van der Waals surface area contributed by atoms with E-state index in [-0.39, 0.29) is 11.3 Å². The molecule has 0 radical (unpaired) electrons. The van der Waals surface area contributed by atoms with E-state index < -0.39 is 0 Å². The standard InChI is InChI=1S/C38H34/c1-38(2,3)37(31-20-18-28(19-21-31)24-27-12-6-4-7-13-27)36-25-32-23-22-30-16-10-11-17-33(30)35(32)26-34(36)29-14-8-5-9-15-29/h4-23,25-26,37H,24H2,1-3H3. The van der Waals surface area contributed by atoms with Crippen molar-refractivity contribution < 1.29 is 0 Å². The van der Waals surface area contributed by atoms with Crippen LogP contribution in [0.25, 0.3) is 32.7 Å². The first kappa shape index (κ1) is 24.2. The Labute approximate surface area is 226 Å². The largest absolute Gasteiger partial charge is 0.0622 e. The van der Waals surface area contributed by atoms with Crippen molar-refractivity contribution in [3.05, 3.63) is 156 Å². The normalized spacial score (nSPS) is 12.6. The first-order valence-electron chi connectivity index (χ1n) is 13.6. The van der Waals surface area contributed by atoms with Gasteiger partial charge in [-0.2, -0.15) is 0 Å². The van der Waals surface area contributed by atoms with Crippen molar-refractivity contribution in [2.45, 2.75) is 33.1 Å². The predicted molar refractivity (Wildman–Crippen MR) is 164 cm³/mol. The summed E-state index contributed by atoms with van der Waals surface area (Å²) in [5, 5.41) is 5.21. The zero-order chi connectivity index (χ0) is 26.1. The van der Waals surface area contributed by atoms with Crippen LogP contribution in [-0.4, -0.2) is 0 Å². The summed E-state index contributed by atoms with van der Waals surface area (Å²) in [4.78, 5) is 0. The first-order chi connectivity index (χ1) is 18.5. The summed E-state index contributed by atoms with van der Waals surface area (Å²) in [6.45, 7) is 7.11. The van der Waals surface area contributed by atoms with Crippen LogP contribution in [0, 0.1) is 5.41 Å². The quantitative estimate of drug-likeness (QED) is 0.211. The molecule has 0 heterocycles. The lowest BCUT2D eigenvalue weighted by atomic mass is 9.70. The van der Waals surface area contributed by atoms with E-state index in [1.165, 1.54) is 54.9 Å². The van der Waals surface area contributed by atoms with Gasteiger partial charge in [0.2, 0.25) is 0 Å². The van der Waals surface area contributed by atoms with E-state index in [2.05, 4.69) is 154 Å². The molecule has 0 aromatic heterocycles. The molecule has 0 spiro atoms. The van der Waals surface area contributed by atoms with Crippen LogP contribution < -0.4 is 0 Å². The zero-order valence-corrected chi connectivity index (χ0v) is 22.5. The molecule has 0 saturated carbocycles. The molecule has 6 aromatic carbocycles. The van der Waals surface area contributed by atoms with Crippen molar-refractivity contribution in [3.63, 3.8) is 0 Å². The topological polar surface area (TPSA) is 0 Å². The minimum absolute atomic E-state index is 0.0367. The summed E-state index contributed by atoms with van der Waals surface area (Å²) >= 11 is 0. The van der Waals surface area contributed by atoms with Crippen LogP contribution in [0.2, 0.25) is 0 Å². The van der Waals surface area contributed by atoms with E-state index in [4.69, 9.17) is 0 Å². The van der Waals surface area contributed by atoms with E-state index in [1.807, 2.05) is 0 Å². The summed E-state index contributed by atoms with van der Waals surface area (Å²) < 4.78 is 0. The number of rotatable bonds is 5. The fourth-order valence-corrected chi connectivity index (χ4v) is 5.98. The zero-order valence-electron chi connectivity index (χ0n) is 22.5. The average molecular weight is 491 g/mol. The van der Waals surface area contributed by atoms with Gasteiger partial charge >= 0.3 is 0 Å². The average Bonchev–Trinajstić information content (AvgIpc) is 2.94. The van der Waals surface area contributed by atoms with E-state index in [0.29, 0.717) is 0 Å². The van der Waals surface area contributed by atoms with Crippen LogP contribution >= 0.6 is 0 Å². The Morgan fingerprint density at radius 3 is 1.84 bits per heavy atom. The second-order valence-corrected chi connectivity index (χ2v) is 11.5. The Bertz CT molecular complexity index is 1690. The first-order valence-corrected chi connectivity index (χ1v) is 13.6. The molecule has 0 bridgehead atoms. The third-order valence-electron chi connectivity index (χ3n) is 7.74. The Balaban J connectivity index is 1.52. The molecule has 0 nitrogen and oxygen atoms in total. The molecular formula is C38H34. The van der Waals surface area contributed by atoms with Gasteiger partial charge in [0.15, 0.2) is 0 Å². The lowest BCUT2D eigenvalue weighted by molar-refractivity contribution is 0.359. The summed E-state index contributed by atoms with van der Waals surface area (Å²) in [6.07, 6.45) is 0.958. The molecular weight excluding hydrogens is 456 g/mol. The highest BCUT2D eigenvalue weighted by molar-refractivity contribution is 6.09. The molecule has 0 aliphatic heterocycles. The van der Waals surface area contributed by atoms with Crippen LogP contribution in [0.3, 0.4) is 0 Å². The molecule has 1 atom stereocenters. The molecule has 1 unspecified atom stereocenters. The van der Waals surface area contributed by atoms with Crippen LogP contribution in [0.5, 0.6) is 0 Å². The van der Waals surface area contributed by atoms with Gasteiger partial charge in [0.05, 0.1) is 0 Å². The fourth-order valence-electron chi connectivity index (χ4n) is 5.98. The van der Waals surface area contributed by atoms with Crippen LogP contribution in [0.15, 0.2) is 133 Å². The molecule has 6 aromatic rings. The molecule has 0 aliphatic carbocycles. The van der Waals surface area contributed by atoms with Crippen molar-refractivity contribution in [1.82, 2.24) is 0 Å². The van der Waals surface area contributed by atoms with Crippen molar-refractivity contribution in [2.75, 3.05) is 0 Å². The maximum absolute atomic E-state index is 2.46. The Morgan fingerprint density at radius 2 is 1.13 bits per heavy atom. The summed E-state index contributed by atoms with van der Waals surface area (Å²) in [6, 6.07) is 49.1.